The minimum Gasteiger partial charge on any atom is -0.395 e. The van der Waals surface area contributed by atoms with Crippen molar-refractivity contribution in [3.8, 4) is 11.5 Å². The van der Waals surface area contributed by atoms with E-state index in [2.05, 4.69) is 20.0 Å². The van der Waals surface area contributed by atoms with Crippen LogP contribution in [0.3, 0.4) is 0 Å². The lowest BCUT2D eigenvalue weighted by molar-refractivity contribution is -0.138. The van der Waals surface area contributed by atoms with Crippen molar-refractivity contribution in [1.82, 2.24) is 20.0 Å². The summed E-state index contributed by atoms with van der Waals surface area (Å²) in [5, 5.41) is 13.1. The van der Waals surface area contributed by atoms with E-state index in [0.29, 0.717) is 24.7 Å². The maximum Gasteiger partial charge on any atom is 0.259 e. The van der Waals surface area contributed by atoms with Crippen molar-refractivity contribution in [3.63, 3.8) is 0 Å². The van der Waals surface area contributed by atoms with E-state index in [4.69, 9.17) is 4.52 Å². The second kappa shape index (κ2) is 7.26. The Bertz CT molecular complexity index is 806. The van der Waals surface area contributed by atoms with E-state index in [1.807, 2.05) is 17.0 Å². The van der Waals surface area contributed by atoms with E-state index >= 15 is 0 Å². The highest BCUT2D eigenvalue weighted by Crippen LogP contribution is 2.39. The third-order valence-corrected chi connectivity index (χ3v) is 5.63. The van der Waals surface area contributed by atoms with E-state index in [1.165, 1.54) is 0 Å². The molecule has 4 rings (SSSR count). The van der Waals surface area contributed by atoms with Gasteiger partial charge in [0.1, 0.15) is 5.82 Å². The summed E-state index contributed by atoms with van der Waals surface area (Å²) in [4.78, 5) is 25.1. The van der Waals surface area contributed by atoms with Crippen LogP contribution in [0.1, 0.15) is 31.5 Å². The van der Waals surface area contributed by atoms with Crippen molar-refractivity contribution >= 4 is 11.7 Å². The van der Waals surface area contributed by atoms with Gasteiger partial charge in [-0.2, -0.15) is 4.98 Å². The molecule has 0 radical (unpaired) electrons. The summed E-state index contributed by atoms with van der Waals surface area (Å²) in [7, 11) is 0. The number of aliphatic hydroxyl groups is 1. The first-order chi connectivity index (χ1) is 13.1. The molecule has 2 aliphatic heterocycles. The highest BCUT2D eigenvalue weighted by atomic mass is 16.5. The van der Waals surface area contributed by atoms with Crippen LogP contribution in [0.25, 0.3) is 11.5 Å². The lowest BCUT2D eigenvalue weighted by Crippen LogP contribution is -2.54. The predicted octanol–water partition coefficient (Wildman–Crippen LogP) is 1.64. The van der Waals surface area contributed by atoms with Crippen LogP contribution in [0, 0.1) is 12.3 Å². The molecule has 144 valence electrons. The van der Waals surface area contributed by atoms with E-state index in [9.17, 15) is 9.90 Å². The van der Waals surface area contributed by atoms with Gasteiger partial charge in [0.2, 0.25) is 5.91 Å². The third kappa shape index (κ3) is 3.66. The molecule has 0 aliphatic carbocycles. The van der Waals surface area contributed by atoms with Crippen LogP contribution in [0.15, 0.2) is 22.9 Å². The van der Waals surface area contributed by atoms with Gasteiger partial charge >= 0.3 is 0 Å². The summed E-state index contributed by atoms with van der Waals surface area (Å²) < 4.78 is 5.20. The van der Waals surface area contributed by atoms with Gasteiger partial charge in [-0.1, -0.05) is 5.16 Å². The molecule has 8 heteroatoms. The van der Waals surface area contributed by atoms with Gasteiger partial charge in [0.05, 0.1) is 12.2 Å². The van der Waals surface area contributed by atoms with E-state index in [0.717, 1.165) is 50.3 Å². The highest BCUT2D eigenvalue weighted by molar-refractivity contribution is 5.77. The lowest BCUT2D eigenvalue weighted by atomic mass is 9.73. The first-order valence-corrected chi connectivity index (χ1v) is 9.49. The number of aliphatic hydroxyl groups excluding tert-OH is 1. The van der Waals surface area contributed by atoms with Crippen molar-refractivity contribution in [1.29, 1.82) is 0 Å². The van der Waals surface area contributed by atoms with Gasteiger partial charge in [-0.05, 0) is 38.3 Å². The van der Waals surface area contributed by atoms with Gasteiger partial charge in [-0.3, -0.25) is 4.79 Å². The van der Waals surface area contributed by atoms with Crippen LogP contribution < -0.4 is 4.90 Å². The molecule has 1 unspecified atom stereocenters. The van der Waals surface area contributed by atoms with E-state index in [-0.39, 0.29) is 17.9 Å². The normalized spacial score (nSPS) is 23.3. The summed E-state index contributed by atoms with van der Waals surface area (Å²) in [6.07, 6.45) is 5.43. The molecule has 27 heavy (non-hydrogen) atoms. The number of carbonyl (C=O) groups excluding carboxylic acids is 1. The van der Waals surface area contributed by atoms with E-state index < -0.39 is 0 Å². The quantitative estimate of drug-likeness (QED) is 0.873. The largest absolute Gasteiger partial charge is 0.395 e. The zero-order valence-electron chi connectivity index (χ0n) is 15.6. The lowest BCUT2D eigenvalue weighted by Gasteiger charge is -2.48. The Hall–Kier alpha value is -2.48. The number of piperidine rings is 2. The average Bonchev–Trinajstić information content (AvgIpc) is 3.12. The fourth-order valence-corrected chi connectivity index (χ4v) is 4.28. The Kier molecular flexibility index (Phi) is 4.82. The Balaban J connectivity index is 1.49. The zero-order chi connectivity index (χ0) is 18.9. The summed E-state index contributed by atoms with van der Waals surface area (Å²) >= 11 is 0. The number of aromatic nitrogens is 3. The van der Waals surface area contributed by atoms with Gasteiger partial charge in [0.25, 0.3) is 5.89 Å². The Morgan fingerprint density at radius 2 is 2.19 bits per heavy atom. The van der Waals surface area contributed by atoms with Crippen molar-refractivity contribution < 1.29 is 14.4 Å². The van der Waals surface area contributed by atoms with Crippen molar-refractivity contribution in [2.75, 3.05) is 37.7 Å². The number of likely N-dealkylation sites (tertiary alicyclic amines) is 1. The molecule has 0 saturated carbocycles. The zero-order valence-corrected chi connectivity index (χ0v) is 15.6. The van der Waals surface area contributed by atoms with Crippen molar-refractivity contribution in [3.05, 3.63) is 24.2 Å². The van der Waals surface area contributed by atoms with Gasteiger partial charge < -0.3 is 19.4 Å². The van der Waals surface area contributed by atoms with Crippen LogP contribution >= 0.6 is 0 Å². The fourth-order valence-electron chi connectivity index (χ4n) is 4.28. The Labute approximate surface area is 158 Å². The number of rotatable bonds is 4. The molecular weight excluding hydrogens is 346 g/mol. The highest BCUT2D eigenvalue weighted by Gasteiger charge is 2.41. The first kappa shape index (κ1) is 17.9. The van der Waals surface area contributed by atoms with Crippen LogP contribution in [0.2, 0.25) is 0 Å². The Morgan fingerprint density at radius 3 is 2.89 bits per heavy atom. The molecule has 2 aliphatic rings. The SMILES string of the molecule is Cc1noc(-c2ccc(N3CCCC4(CCC(=O)N(CCO)C4)C3)nc2)n1. The molecule has 8 nitrogen and oxygen atoms in total. The smallest absolute Gasteiger partial charge is 0.259 e. The number of anilines is 1. The van der Waals surface area contributed by atoms with E-state index in [1.54, 1.807) is 13.1 Å². The number of amides is 1. The molecule has 1 atom stereocenters. The minimum atomic E-state index is 0.0176. The molecule has 2 aromatic rings. The second-order valence-corrected chi connectivity index (χ2v) is 7.62. The fraction of sp³-hybridized carbons (Fsp3) is 0.579. The molecule has 0 aromatic carbocycles. The molecule has 0 bridgehead atoms. The number of carbonyl (C=O) groups is 1. The number of aryl methyl sites for hydroxylation is 1. The van der Waals surface area contributed by atoms with Crippen LogP contribution in [-0.4, -0.2) is 63.8 Å². The minimum absolute atomic E-state index is 0.0176. The van der Waals surface area contributed by atoms with Gasteiger partial charge in [0, 0.05) is 44.2 Å². The standard InChI is InChI=1S/C19H25N5O3/c1-14-21-18(27-22-14)15-3-4-16(20-11-15)23-8-2-6-19(12-23)7-5-17(26)24(13-19)9-10-25/h3-4,11,25H,2,5-10,12-13H2,1H3. The molecule has 4 heterocycles. The van der Waals surface area contributed by atoms with Crippen LogP contribution in [-0.2, 0) is 4.79 Å². The maximum absolute atomic E-state index is 12.1. The second-order valence-electron chi connectivity index (χ2n) is 7.62. The summed E-state index contributed by atoms with van der Waals surface area (Å²) in [6.45, 7) is 4.80. The van der Waals surface area contributed by atoms with Gasteiger partial charge in [-0.25, -0.2) is 4.98 Å². The summed E-state index contributed by atoms with van der Waals surface area (Å²) in [5.74, 6) is 2.17. The summed E-state index contributed by atoms with van der Waals surface area (Å²) in [6, 6.07) is 3.95. The van der Waals surface area contributed by atoms with Crippen LogP contribution in [0.4, 0.5) is 5.82 Å². The number of hydrogen-bond acceptors (Lipinski definition) is 7. The summed E-state index contributed by atoms with van der Waals surface area (Å²) in [5.41, 5.74) is 0.897. The topological polar surface area (TPSA) is 95.6 Å². The predicted molar refractivity (Wildman–Crippen MR) is 99.0 cm³/mol. The molecule has 2 saturated heterocycles. The van der Waals surface area contributed by atoms with Gasteiger partial charge in [-0.15, -0.1) is 0 Å². The van der Waals surface area contributed by atoms with Crippen molar-refractivity contribution in [2.24, 2.45) is 5.41 Å². The Morgan fingerprint density at radius 1 is 1.30 bits per heavy atom. The first-order valence-electron chi connectivity index (χ1n) is 9.49. The average molecular weight is 371 g/mol. The van der Waals surface area contributed by atoms with Gasteiger partial charge in [0.15, 0.2) is 5.82 Å². The number of hydrogen-bond donors (Lipinski definition) is 1. The molecule has 2 aromatic heterocycles. The monoisotopic (exact) mass is 371 g/mol. The maximum atomic E-state index is 12.1. The molecule has 2 fully saturated rings. The third-order valence-electron chi connectivity index (χ3n) is 5.63. The molecule has 1 amide bonds. The number of β-amino-alcohol motifs (C(OH)–C–C–N with tert-alkyl or cyclic N) is 1. The number of nitrogens with zero attached hydrogens (tertiary/aromatic N) is 5. The molecule has 1 N–H and O–H groups in total. The van der Waals surface area contributed by atoms with Crippen LogP contribution in [0.5, 0.6) is 0 Å². The number of pyridine rings is 1. The molecular formula is C19H25N5O3. The van der Waals surface area contributed by atoms with Crippen molar-refractivity contribution in [2.45, 2.75) is 32.6 Å². The molecule has 1 spiro atoms.